The van der Waals surface area contributed by atoms with Gasteiger partial charge in [0.2, 0.25) is 0 Å². The van der Waals surface area contributed by atoms with Gasteiger partial charge < -0.3 is 4.42 Å². The highest BCUT2D eigenvalue weighted by Gasteiger charge is 2.21. The van der Waals surface area contributed by atoms with Crippen LogP contribution in [0.2, 0.25) is 0 Å². The van der Waals surface area contributed by atoms with Crippen molar-refractivity contribution in [3.05, 3.63) is 170 Å². The van der Waals surface area contributed by atoms with Crippen molar-refractivity contribution in [2.24, 2.45) is 0 Å². The maximum atomic E-state index is 15.9. The summed E-state index contributed by atoms with van der Waals surface area (Å²) in [5.74, 6) is -0.186. The second-order valence-electron chi connectivity index (χ2n) is 12.5. The molecule has 0 radical (unpaired) electrons. The summed E-state index contributed by atoms with van der Waals surface area (Å²) in [5.41, 5.74) is 8.47. The van der Waals surface area contributed by atoms with Crippen LogP contribution in [-0.2, 0) is 0 Å². The highest BCUT2D eigenvalue weighted by Crippen LogP contribution is 2.47. The average molecular weight is 615 g/mol. The SMILES string of the molecule is Fc1c2ccccc2c(-c2cccc3oc4ccc(-c5c6ccccc6c(-c6ccccc6)c6ccccc56)cc4c23)c2ccccc12. The fourth-order valence-electron chi connectivity index (χ4n) is 7.91. The van der Waals surface area contributed by atoms with Crippen LogP contribution in [0.4, 0.5) is 4.39 Å². The third-order valence-corrected chi connectivity index (χ3v) is 9.91. The average Bonchev–Trinajstić information content (AvgIpc) is 3.53. The van der Waals surface area contributed by atoms with Gasteiger partial charge in [0.15, 0.2) is 0 Å². The molecule has 0 saturated heterocycles. The molecule has 48 heavy (non-hydrogen) atoms. The highest BCUT2D eigenvalue weighted by molar-refractivity contribution is 6.24. The largest absolute Gasteiger partial charge is 0.456 e. The summed E-state index contributed by atoms with van der Waals surface area (Å²) in [5, 5.41) is 9.94. The van der Waals surface area contributed by atoms with Crippen LogP contribution >= 0.6 is 0 Å². The van der Waals surface area contributed by atoms with Crippen molar-refractivity contribution in [1.82, 2.24) is 0 Å². The second kappa shape index (κ2) is 10.4. The summed E-state index contributed by atoms with van der Waals surface area (Å²) >= 11 is 0. The first-order valence-electron chi connectivity index (χ1n) is 16.3. The van der Waals surface area contributed by atoms with Crippen LogP contribution in [0.1, 0.15) is 0 Å². The number of rotatable bonds is 3. The van der Waals surface area contributed by atoms with E-state index in [2.05, 4.69) is 103 Å². The smallest absolute Gasteiger partial charge is 0.138 e. The molecule has 2 heteroatoms. The molecule has 0 aliphatic heterocycles. The van der Waals surface area contributed by atoms with E-state index in [4.69, 9.17) is 4.42 Å². The Labute approximate surface area is 276 Å². The molecular weight excluding hydrogens is 588 g/mol. The molecule has 0 N–H and O–H groups in total. The molecule has 1 aromatic heterocycles. The fourth-order valence-corrected chi connectivity index (χ4v) is 7.91. The first-order valence-corrected chi connectivity index (χ1v) is 16.3. The molecule has 0 spiro atoms. The molecule has 0 saturated carbocycles. The molecule has 0 amide bonds. The number of halogens is 1. The molecule has 0 fully saturated rings. The van der Waals surface area contributed by atoms with Crippen molar-refractivity contribution in [3.63, 3.8) is 0 Å². The Morgan fingerprint density at radius 2 is 0.812 bits per heavy atom. The maximum Gasteiger partial charge on any atom is 0.138 e. The standard InChI is InChI=1S/C46H27FO/c47-46-36-21-10-8-19-34(36)44(35-20-9-11-22-37(35)46)38-23-12-24-41-45(38)39-27-29(25-26-40(39)48-41)43-32-17-6-4-15-30(32)42(28-13-2-1-3-14-28)31-16-5-7-18-33(31)43/h1-27H. The number of fused-ring (bicyclic) bond motifs is 7. The van der Waals surface area contributed by atoms with Crippen LogP contribution in [0.25, 0.3) is 98.4 Å². The van der Waals surface area contributed by atoms with Crippen molar-refractivity contribution in [2.75, 3.05) is 0 Å². The topological polar surface area (TPSA) is 13.1 Å². The van der Waals surface area contributed by atoms with Crippen molar-refractivity contribution in [2.45, 2.75) is 0 Å². The molecule has 0 aliphatic carbocycles. The zero-order valence-corrected chi connectivity index (χ0v) is 25.9. The van der Waals surface area contributed by atoms with Crippen molar-refractivity contribution in [1.29, 1.82) is 0 Å². The van der Waals surface area contributed by atoms with Crippen molar-refractivity contribution < 1.29 is 8.81 Å². The zero-order valence-electron chi connectivity index (χ0n) is 25.9. The van der Waals surface area contributed by atoms with E-state index in [9.17, 15) is 0 Å². The van der Waals surface area contributed by atoms with Gasteiger partial charge in [0.1, 0.15) is 17.0 Å². The Morgan fingerprint density at radius 3 is 1.38 bits per heavy atom. The third kappa shape index (κ3) is 3.84. The molecule has 10 aromatic rings. The molecule has 0 atom stereocenters. The van der Waals surface area contributed by atoms with E-state index in [1.807, 2.05) is 60.7 Å². The minimum Gasteiger partial charge on any atom is -0.456 e. The van der Waals surface area contributed by atoms with Crippen LogP contribution in [-0.4, -0.2) is 0 Å². The molecule has 224 valence electrons. The Hall–Kier alpha value is -6.25. The predicted octanol–water partition coefficient (Wildman–Crippen LogP) is 13.3. The molecule has 0 bridgehead atoms. The van der Waals surface area contributed by atoms with Crippen molar-refractivity contribution >= 4 is 65.0 Å². The lowest BCUT2D eigenvalue weighted by Gasteiger charge is -2.18. The number of hydrogen-bond donors (Lipinski definition) is 0. The highest BCUT2D eigenvalue weighted by atomic mass is 19.1. The summed E-state index contributed by atoms with van der Waals surface area (Å²) in [6.07, 6.45) is 0. The van der Waals surface area contributed by atoms with Gasteiger partial charge in [-0.05, 0) is 83.9 Å². The van der Waals surface area contributed by atoms with Gasteiger partial charge in [-0.25, -0.2) is 4.39 Å². The lowest BCUT2D eigenvalue weighted by Crippen LogP contribution is -1.91. The quantitative estimate of drug-likeness (QED) is 0.181. The lowest BCUT2D eigenvalue weighted by atomic mass is 9.85. The van der Waals surface area contributed by atoms with E-state index in [0.717, 1.165) is 49.4 Å². The second-order valence-corrected chi connectivity index (χ2v) is 12.5. The van der Waals surface area contributed by atoms with Gasteiger partial charge in [0.25, 0.3) is 0 Å². The molecule has 0 unspecified atom stereocenters. The van der Waals surface area contributed by atoms with Gasteiger partial charge >= 0.3 is 0 Å². The van der Waals surface area contributed by atoms with E-state index < -0.39 is 0 Å². The Kier molecular flexibility index (Phi) is 5.82. The first-order chi connectivity index (χ1) is 23.8. The Balaban J connectivity index is 1.31. The first kappa shape index (κ1) is 26.9. The Morgan fingerprint density at radius 1 is 0.333 bits per heavy atom. The molecule has 9 aromatic carbocycles. The monoisotopic (exact) mass is 614 g/mol. The van der Waals surface area contributed by atoms with Gasteiger partial charge in [-0.2, -0.15) is 0 Å². The summed E-state index contributed by atoms with van der Waals surface area (Å²) in [4.78, 5) is 0. The predicted molar refractivity (Wildman–Crippen MR) is 200 cm³/mol. The number of furan rings is 1. The van der Waals surface area contributed by atoms with Gasteiger partial charge in [-0.3, -0.25) is 0 Å². The van der Waals surface area contributed by atoms with Gasteiger partial charge in [-0.15, -0.1) is 0 Å². The van der Waals surface area contributed by atoms with E-state index >= 15 is 4.39 Å². The third-order valence-electron chi connectivity index (χ3n) is 9.91. The Bertz CT molecular complexity index is 2780. The molecular formula is C46H27FO. The van der Waals surface area contributed by atoms with E-state index in [0.29, 0.717) is 10.8 Å². The normalized spacial score (nSPS) is 11.9. The van der Waals surface area contributed by atoms with Gasteiger partial charge in [-0.1, -0.05) is 146 Å². The van der Waals surface area contributed by atoms with Crippen LogP contribution < -0.4 is 0 Å². The van der Waals surface area contributed by atoms with E-state index in [1.165, 1.54) is 38.2 Å². The number of hydrogen-bond acceptors (Lipinski definition) is 1. The minimum atomic E-state index is -0.186. The summed E-state index contributed by atoms with van der Waals surface area (Å²) in [6, 6.07) is 56.5. The van der Waals surface area contributed by atoms with Crippen LogP contribution in [0, 0.1) is 5.82 Å². The van der Waals surface area contributed by atoms with Crippen LogP contribution in [0.15, 0.2) is 168 Å². The van der Waals surface area contributed by atoms with Gasteiger partial charge in [0, 0.05) is 21.5 Å². The number of benzene rings is 9. The summed E-state index contributed by atoms with van der Waals surface area (Å²) in [6.45, 7) is 0. The zero-order chi connectivity index (χ0) is 31.8. The lowest BCUT2D eigenvalue weighted by molar-refractivity contribution is 0.651. The van der Waals surface area contributed by atoms with Crippen LogP contribution in [0.3, 0.4) is 0 Å². The summed E-state index contributed by atoms with van der Waals surface area (Å²) in [7, 11) is 0. The molecule has 1 nitrogen and oxygen atoms in total. The minimum absolute atomic E-state index is 0.186. The maximum absolute atomic E-state index is 15.9. The van der Waals surface area contributed by atoms with E-state index in [1.54, 1.807) is 0 Å². The summed E-state index contributed by atoms with van der Waals surface area (Å²) < 4.78 is 22.4. The molecule has 0 aliphatic rings. The van der Waals surface area contributed by atoms with E-state index in [-0.39, 0.29) is 5.82 Å². The fraction of sp³-hybridized carbons (Fsp3) is 0. The molecule has 1 heterocycles. The molecule has 10 rings (SSSR count). The van der Waals surface area contributed by atoms with Gasteiger partial charge in [0.05, 0.1) is 0 Å². The van der Waals surface area contributed by atoms with Crippen molar-refractivity contribution in [3.8, 4) is 33.4 Å². The van der Waals surface area contributed by atoms with Crippen LogP contribution in [0.5, 0.6) is 0 Å².